The highest BCUT2D eigenvalue weighted by molar-refractivity contribution is 7.89. The van der Waals surface area contributed by atoms with Gasteiger partial charge in [0.1, 0.15) is 5.69 Å². The number of hydrogen-bond donors (Lipinski definition) is 2. The van der Waals surface area contributed by atoms with Crippen LogP contribution in [0.25, 0.3) is 0 Å². The molecule has 3 rings (SSSR count). The van der Waals surface area contributed by atoms with Crippen molar-refractivity contribution in [1.29, 1.82) is 0 Å². The summed E-state index contributed by atoms with van der Waals surface area (Å²) >= 11 is 0. The lowest BCUT2D eigenvalue weighted by Crippen LogP contribution is -2.48. The van der Waals surface area contributed by atoms with E-state index >= 15 is 0 Å². The molecule has 34 heavy (non-hydrogen) atoms. The first-order valence-electron chi connectivity index (χ1n) is 10.9. The molecule has 0 radical (unpaired) electrons. The number of rotatable bonds is 10. The average molecular weight is 492 g/mol. The Morgan fingerprint density at radius 2 is 1.79 bits per heavy atom. The van der Waals surface area contributed by atoms with Crippen molar-refractivity contribution in [2.24, 2.45) is 0 Å². The number of methoxy groups -OCH3 is 1. The molecule has 1 heterocycles. The Kier molecular flexibility index (Phi) is 8.56. The molecule has 0 aromatic heterocycles. The number of carbonyl (C=O) groups excluding carboxylic acids is 1. The minimum atomic E-state index is -3.62. The van der Waals surface area contributed by atoms with Gasteiger partial charge in [0, 0.05) is 57.2 Å². The Morgan fingerprint density at radius 1 is 1.12 bits per heavy atom. The van der Waals surface area contributed by atoms with E-state index in [-0.39, 0.29) is 21.8 Å². The number of likely N-dealkylation sites (N-methyl/N-ethyl adjacent to an activating group) is 1. The molecule has 1 amide bonds. The summed E-state index contributed by atoms with van der Waals surface area (Å²) in [7, 11) is -2.09. The number of nitrogens with zero attached hydrogens (tertiary/aromatic N) is 3. The molecule has 1 saturated heterocycles. The van der Waals surface area contributed by atoms with Crippen LogP contribution in [-0.4, -0.2) is 81.4 Å². The molecule has 0 aliphatic carbocycles. The fraction of sp³-hybridized carbons (Fsp3) is 0.409. The number of nitrogens with one attached hydrogen (secondary N) is 2. The van der Waals surface area contributed by atoms with Gasteiger partial charge in [-0.1, -0.05) is 6.92 Å². The van der Waals surface area contributed by atoms with E-state index in [0.717, 1.165) is 6.54 Å². The molecule has 0 unspecified atom stereocenters. The van der Waals surface area contributed by atoms with Crippen LogP contribution in [-0.2, 0) is 14.8 Å². The molecule has 2 aromatic carbocycles. The molecule has 1 fully saturated rings. The van der Waals surface area contributed by atoms with Crippen LogP contribution >= 0.6 is 0 Å². The lowest BCUT2D eigenvalue weighted by molar-refractivity contribution is -0.384. The molecule has 2 N–H and O–H groups in total. The SMILES string of the molecule is CCN1CCN(S(=O)(=O)c2ccc(NC(=O)c3ccc(NCCOC)c([N+](=O)[O-])c3)cc2)CC1. The van der Waals surface area contributed by atoms with E-state index in [1.807, 2.05) is 6.92 Å². The van der Waals surface area contributed by atoms with Crippen LogP contribution in [0.1, 0.15) is 17.3 Å². The Morgan fingerprint density at radius 3 is 2.38 bits per heavy atom. The molecule has 12 heteroatoms. The predicted molar refractivity (Wildman–Crippen MR) is 129 cm³/mol. The summed E-state index contributed by atoms with van der Waals surface area (Å²) in [6.45, 7) is 5.94. The van der Waals surface area contributed by atoms with Crippen LogP contribution in [0.15, 0.2) is 47.4 Å². The Hall–Kier alpha value is -3.06. The zero-order valence-corrected chi connectivity index (χ0v) is 20.0. The molecule has 2 aromatic rings. The molecule has 1 aliphatic rings. The van der Waals surface area contributed by atoms with Gasteiger partial charge in [-0.05, 0) is 42.9 Å². The molecule has 0 spiro atoms. The third-order valence-corrected chi connectivity index (χ3v) is 7.52. The summed E-state index contributed by atoms with van der Waals surface area (Å²) < 4.78 is 32.2. The summed E-state index contributed by atoms with van der Waals surface area (Å²) in [6, 6.07) is 10.0. The van der Waals surface area contributed by atoms with Crippen molar-refractivity contribution < 1.29 is 22.9 Å². The van der Waals surface area contributed by atoms with Gasteiger partial charge in [0.25, 0.3) is 11.6 Å². The predicted octanol–water partition coefficient (Wildman–Crippen LogP) is 2.23. The van der Waals surface area contributed by atoms with E-state index in [1.54, 1.807) is 0 Å². The Balaban J connectivity index is 1.69. The minimum Gasteiger partial charge on any atom is -0.383 e. The smallest absolute Gasteiger partial charge is 0.293 e. The second kappa shape index (κ2) is 11.4. The van der Waals surface area contributed by atoms with Gasteiger partial charge in [0.05, 0.1) is 16.4 Å². The first-order chi connectivity index (χ1) is 16.3. The molecule has 0 saturated carbocycles. The summed E-state index contributed by atoms with van der Waals surface area (Å²) in [5.74, 6) is -0.544. The third kappa shape index (κ3) is 6.08. The lowest BCUT2D eigenvalue weighted by atomic mass is 10.1. The number of nitro groups is 1. The quantitative estimate of drug-likeness (QED) is 0.294. The van der Waals surface area contributed by atoms with E-state index < -0.39 is 20.9 Å². The van der Waals surface area contributed by atoms with E-state index in [0.29, 0.717) is 45.0 Å². The number of amides is 1. The second-order valence-electron chi connectivity index (χ2n) is 7.73. The fourth-order valence-electron chi connectivity index (χ4n) is 3.61. The first kappa shape index (κ1) is 25.6. The number of ether oxygens (including phenoxy) is 1. The summed E-state index contributed by atoms with van der Waals surface area (Å²) in [5.41, 5.74) is 0.542. The molecule has 0 bridgehead atoms. The maximum absolute atomic E-state index is 12.9. The van der Waals surface area contributed by atoms with Crippen LogP contribution in [0.4, 0.5) is 17.1 Å². The number of hydrogen-bond acceptors (Lipinski definition) is 8. The molecular weight excluding hydrogens is 462 g/mol. The fourth-order valence-corrected chi connectivity index (χ4v) is 5.03. The molecule has 1 aliphatic heterocycles. The van der Waals surface area contributed by atoms with Crippen LogP contribution in [0, 0.1) is 10.1 Å². The van der Waals surface area contributed by atoms with Crippen LogP contribution in [0.5, 0.6) is 0 Å². The Labute approximate surface area is 198 Å². The average Bonchev–Trinajstić information content (AvgIpc) is 2.84. The largest absolute Gasteiger partial charge is 0.383 e. The number of sulfonamides is 1. The topological polar surface area (TPSA) is 134 Å². The van der Waals surface area contributed by atoms with E-state index in [1.165, 1.54) is 53.9 Å². The maximum Gasteiger partial charge on any atom is 0.293 e. The van der Waals surface area contributed by atoms with Crippen LogP contribution in [0.3, 0.4) is 0 Å². The van der Waals surface area contributed by atoms with Crippen molar-refractivity contribution >= 4 is 33.0 Å². The number of nitro benzene ring substituents is 1. The van der Waals surface area contributed by atoms with Gasteiger partial charge in [-0.3, -0.25) is 14.9 Å². The first-order valence-corrected chi connectivity index (χ1v) is 12.4. The van der Waals surface area contributed by atoms with Gasteiger partial charge in [0.2, 0.25) is 10.0 Å². The van der Waals surface area contributed by atoms with Crippen molar-refractivity contribution in [3.05, 3.63) is 58.1 Å². The third-order valence-electron chi connectivity index (χ3n) is 5.61. The lowest BCUT2D eigenvalue weighted by Gasteiger charge is -2.33. The summed E-state index contributed by atoms with van der Waals surface area (Å²) in [4.78, 5) is 25.8. The van der Waals surface area contributed by atoms with Crippen LogP contribution in [0.2, 0.25) is 0 Å². The molecular formula is C22H29N5O6S. The highest BCUT2D eigenvalue weighted by atomic mass is 32.2. The highest BCUT2D eigenvalue weighted by Gasteiger charge is 2.28. The Bertz CT molecular complexity index is 1120. The van der Waals surface area contributed by atoms with Gasteiger partial charge in [0.15, 0.2) is 0 Å². The van der Waals surface area contributed by atoms with E-state index in [2.05, 4.69) is 15.5 Å². The number of carbonyl (C=O) groups is 1. The van der Waals surface area contributed by atoms with Crippen molar-refractivity contribution in [2.45, 2.75) is 11.8 Å². The van der Waals surface area contributed by atoms with Crippen molar-refractivity contribution in [3.63, 3.8) is 0 Å². The second-order valence-corrected chi connectivity index (χ2v) is 9.66. The van der Waals surface area contributed by atoms with Gasteiger partial charge in [-0.15, -0.1) is 0 Å². The standard InChI is InChI=1S/C22H29N5O6S/c1-3-25-11-13-26(14-12-25)34(31,32)19-7-5-18(6-8-19)24-22(28)17-4-9-20(23-10-15-33-2)21(16-17)27(29)30/h4-9,16,23H,3,10-15H2,1-2H3,(H,24,28). The van der Waals surface area contributed by atoms with E-state index in [9.17, 15) is 23.3 Å². The van der Waals surface area contributed by atoms with Gasteiger partial charge in [-0.2, -0.15) is 4.31 Å². The van der Waals surface area contributed by atoms with Crippen molar-refractivity contribution in [2.75, 3.05) is 63.6 Å². The zero-order valence-electron chi connectivity index (χ0n) is 19.2. The molecule has 11 nitrogen and oxygen atoms in total. The minimum absolute atomic E-state index is 0.106. The zero-order chi connectivity index (χ0) is 24.7. The number of benzene rings is 2. The summed E-state index contributed by atoms with van der Waals surface area (Å²) in [5, 5.41) is 17.0. The van der Waals surface area contributed by atoms with Gasteiger partial charge >= 0.3 is 0 Å². The van der Waals surface area contributed by atoms with Crippen molar-refractivity contribution in [3.8, 4) is 0 Å². The molecule has 184 valence electrons. The highest BCUT2D eigenvalue weighted by Crippen LogP contribution is 2.26. The summed E-state index contributed by atoms with van der Waals surface area (Å²) in [6.07, 6.45) is 0. The maximum atomic E-state index is 12.9. The number of anilines is 2. The van der Waals surface area contributed by atoms with Crippen LogP contribution < -0.4 is 10.6 Å². The van der Waals surface area contributed by atoms with E-state index in [4.69, 9.17) is 4.74 Å². The van der Waals surface area contributed by atoms with Gasteiger partial charge < -0.3 is 20.3 Å². The van der Waals surface area contributed by atoms with Gasteiger partial charge in [-0.25, -0.2) is 8.42 Å². The normalized spacial score (nSPS) is 15.1. The monoisotopic (exact) mass is 491 g/mol. The molecule has 0 atom stereocenters. The number of piperazine rings is 1. The van der Waals surface area contributed by atoms with Crippen molar-refractivity contribution in [1.82, 2.24) is 9.21 Å².